The SMILES string of the molecule is CC(C)c1nc(Br)cc(NC(C)c2ccc(Cl)cc2)n1. The zero-order valence-electron chi connectivity index (χ0n) is 11.7. The Morgan fingerprint density at radius 2 is 1.75 bits per heavy atom. The molecule has 0 radical (unpaired) electrons. The van der Waals surface area contributed by atoms with Gasteiger partial charge in [-0.3, -0.25) is 0 Å². The number of rotatable bonds is 4. The first-order valence-corrected chi connectivity index (χ1v) is 7.69. The molecule has 1 N–H and O–H groups in total. The zero-order valence-corrected chi connectivity index (χ0v) is 14.0. The van der Waals surface area contributed by atoms with Gasteiger partial charge >= 0.3 is 0 Å². The summed E-state index contributed by atoms with van der Waals surface area (Å²) in [5, 5.41) is 4.13. The number of nitrogens with one attached hydrogen (secondary N) is 1. The molecule has 3 nitrogen and oxygen atoms in total. The summed E-state index contributed by atoms with van der Waals surface area (Å²) in [5.74, 6) is 1.93. The van der Waals surface area contributed by atoms with Gasteiger partial charge in [-0.05, 0) is 40.5 Å². The molecule has 1 aromatic heterocycles. The molecule has 2 rings (SSSR count). The number of benzene rings is 1. The average molecular weight is 355 g/mol. The lowest BCUT2D eigenvalue weighted by Gasteiger charge is -2.16. The third-order valence-corrected chi connectivity index (χ3v) is 3.62. The van der Waals surface area contributed by atoms with Crippen LogP contribution < -0.4 is 5.32 Å². The second-order valence-corrected chi connectivity index (χ2v) is 6.26. The molecule has 0 aliphatic heterocycles. The zero-order chi connectivity index (χ0) is 14.7. The molecule has 0 amide bonds. The van der Waals surface area contributed by atoms with E-state index in [1.165, 1.54) is 0 Å². The van der Waals surface area contributed by atoms with Gasteiger partial charge < -0.3 is 5.32 Å². The van der Waals surface area contributed by atoms with E-state index < -0.39 is 0 Å². The fourth-order valence-electron chi connectivity index (χ4n) is 1.82. The molecule has 1 aromatic carbocycles. The Morgan fingerprint density at radius 1 is 1.10 bits per heavy atom. The molecule has 0 aliphatic carbocycles. The van der Waals surface area contributed by atoms with Crippen molar-refractivity contribution in [1.82, 2.24) is 9.97 Å². The van der Waals surface area contributed by atoms with Crippen LogP contribution in [-0.4, -0.2) is 9.97 Å². The third kappa shape index (κ3) is 3.93. The molecule has 0 spiro atoms. The number of halogens is 2. The van der Waals surface area contributed by atoms with Crippen molar-refractivity contribution in [3.8, 4) is 0 Å². The van der Waals surface area contributed by atoms with Gasteiger partial charge in [-0.15, -0.1) is 0 Å². The van der Waals surface area contributed by atoms with Gasteiger partial charge in [0.05, 0.1) is 0 Å². The van der Waals surface area contributed by atoms with E-state index in [9.17, 15) is 0 Å². The maximum atomic E-state index is 5.91. The number of anilines is 1. The monoisotopic (exact) mass is 353 g/mol. The molecular weight excluding hydrogens is 338 g/mol. The summed E-state index contributed by atoms with van der Waals surface area (Å²) in [4.78, 5) is 8.91. The molecule has 0 aliphatic rings. The summed E-state index contributed by atoms with van der Waals surface area (Å²) in [6.45, 7) is 6.25. The number of hydrogen-bond donors (Lipinski definition) is 1. The summed E-state index contributed by atoms with van der Waals surface area (Å²) in [5.41, 5.74) is 1.16. The van der Waals surface area contributed by atoms with E-state index in [1.54, 1.807) is 0 Å². The lowest BCUT2D eigenvalue weighted by atomic mass is 10.1. The lowest BCUT2D eigenvalue weighted by Crippen LogP contribution is -2.10. The first kappa shape index (κ1) is 15.3. The minimum Gasteiger partial charge on any atom is -0.363 e. The normalized spacial score (nSPS) is 12.5. The molecule has 1 heterocycles. The largest absolute Gasteiger partial charge is 0.363 e. The highest BCUT2D eigenvalue weighted by molar-refractivity contribution is 9.10. The van der Waals surface area contributed by atoms with Crippen LogP contribution in [0.15, 0.2) is 34.9 Å². The summed E-state index contributed by atoms with van der Waals surface area (Å²) >= 11 is 9.33. The Morgan fingerprint density at radius 3 is 2.35 bits per heavy atom. The number of nitrogens with zero attached hydrogens (tertiary/aromatic N) is 2. The maximum Gasteiger partial charge on any atom is 0.134 e. The van der Waals surface area contributed by atoms with E-state index in [4.69, 9.17) is 11.6 Å². The summed E-state index contributed by atoms with van der Waals surface area (Å²) in [6.07, 6.45) is 0. The molecular formula is C15H17BrClN3. The smallest absolute Gasteiger partial charge is 0.134 e. The van der Waals surface area contributed by atoms with Crippen molar-refractivity contribution in [2.24, 2.45) is 0 Å². The first-order valence-electron chi connectivity index (χ1n) is 6.52. The maximum absolute atomic E-state index is 5.91. The van der Waals surface area contributed by atoms with E-state index in [0.717, 1.165) is 26.8 Å². The predicted molar refractivity (Wildman–Crippen MR) is 87.3 cm³/mol. The van der Waals surface area contributed by atoms with Crippen molar-refractivity contribution < 1.29 is 0 Å². The van der Waals surface area contributed by atoms with Crippen molar-refractivity contribution in [3.05, 3.63) is 51.3 Å². The van der Waals surface area contributed by atoms with E-state index in [-0.39, 0.29) is 6.04 Å². The molecule has 0 saturated heterocycles. The van der Waals surface area contributed by atoms with Crippen LogP contribution in [0.2, 0.25) is 5.02 Å². The molecule has 0 saturated carbocycles. The van der Waals surface area contributed by atoms with Crippen LogP contribution in [0.1, 0.15) is 44.1 Å². The highest BCUT2D eigenvalue weighted by Crippen LogP contribution is 2.23. The van der Waals surface area contributed by atoms with Crippen LogP contribution in [0, 0.1) is 0 Å². The van der Waals surface area contributed by atoms with Gasteiger partial charge in [0, 0.05) is 23.0 Å². The van der Waals surface area contributed by atoms with Crippen LogP contribution in [-0.2, 0) is 0 Å². The quantitative estimate of drug-likeness (QED) is 0.768. The third-order valence-electron chi connectivity index (χ3n) is 2.96. The van der Waals surface area contributed by atoms with Gasteiger partial charge in [-0.2, -0.15) is 0 Å². The summed E-state index contributed by atoms with van der Waals surface area (Å²) < 4.78 is 0.794. The molecule has 106 valence electrons. The Labute approximate surface area is 132 Å². The lowest BCUT2D eigenvalue weighted by molar-refractivity contribution is 0.763. The highest BCUT2D eigenvalue weighted by atomic mass is 79.9. The number of aromatic nitrogens is 2. The summed E-state index contributed by atoms with van der Waals surface area (Å²) in [7, 11) is 0. The first-order chi connectivity index (χ1) is 9.45. The van der Waals surface area contributed by atoms with Crippen molar-refractivity contribution in [2.75, 3.05) is 5.32 Å². The standard InChI is InChI=1S/C15H17BrClN3/c1-9(2)15-19-13(16)8-14(20-15)18-10(3)11-4-6-12(17)7-5-11/h4-10H,1-3H3,(H,18,19,20). The Hall–Kier alpha value is -1.13. The van der Waals surface area contributed by atoms with Crippen LogP contribution >= 0.6 is 27.5 Å². The fourth-order valence-corrected chi connectivity index (χ4v) is 2.35. The second kappa shape index (κ2) is 6.55. The Bertz CT molecular complexity index is 584. The minimum atomic E-state index is 0.147. The van der Waals surface area contributed by atoms with E-state index >= 15 is 0 Å². The molecule has 20 heavy (non-hydrogen) atoms. The average Bonchev–Trinajstić information content (AvgIpc) is 2.38. The molecule has 1 atom stereocenters. The van der Waals surface area contributed by atoms with E-state index in [1.807, 2.05) is 30.3 Å². The van der Waals surface area contributed by atoms with Crippen LogP contribution in [0.4, 0.5) is 5.82 Å². The molecule has 2 aromatic rings. The predicted octanol–water partition coefficient (Wildman–Crippen LogP) is 5.19. The highest BCUT2D eigenvalue weighted by Gasteiger charge is 2.10. The summed E-state index contributed by atoms with van der Waals surface area (Å²) in [6, 6.07) is 9.85. The van der Waals surface area contributed by atoms with Crippen molar-refractivity contribution >= 4 is 33.3 Å². The van der Waals surface area contributed by atoms with Crippen LogP contribution in [0.3, 0.4) is 0 Å². The molecule has 5 heteroatoms. The molecule has 0 bridgehead atoms. The Kier molecular flexibility index (Phi) is 5.00. The van der Waals surface area contributed by atoms with Crippen molar-refractivity contribution in [3.63, 3.8) is 0 Å². The van der Waals surface area contributed by atoms with Gasteiger partial charge in [0.2, 0.25) is 0 Å². The topological polar surface area (TPSA) is 37.8 Å². The van der Waals surface area contributed by atoms with E-state index in [0.29, 0.717) is 5.92 Å². The van der Waals surface area contributed by atoms with Gasteiger partial charge in [0.25, 0.3) is 0 Å². The van der Waals surface area contributed by atoms with Gasteiger partial charge in [-0.25, -0.2) is 9.97 Å². The minimum absolute atomic E-state index is 0.147. The number of hydrogen-bond acceptors (Lipinski definition) is 3. The van der Waals surface area contributed by atoms with Crippen LogP contribution in [0.25, 0.3) is 0 Å². The van der Waals surface area contributed by atoms with Crippen LogP contribution in [0.5, 0.6) is 0 Å². The fraction of sp³-hybridized carbons (Fsp3) is 0.333. The molecule has 1 unspecified atom stereocenters. The molecule has 0 fully saturated rings. The van der Waals surface area contributed by atoms with Gasteiger partial charge in [0.1, 0.15) is 16.2 Å². The van der Waals surface area contributed by atoms with Gasteiger partial charge in [-0.1, -0.05) is 37.6 Å². The second-order valence-electron chi connectivity index (χ2n) is 5.01. The Balaban J connectivity index is 2.18. The van der Waals surface area contributed by atoms with Crippen molar-refractivity contribution in [2.45, 2.75) is 32.7 Å². The van der Waals surface area contributed by atoms with Gasteiger partial charge in [0.15, 0.2) is 0 Å². The van der Waals surface area contributed by atoms with E-state index in [2.05, 4.69) is 52.0 Å². The van der Waals surface area contributed by atoms with Crippen molar-refractivity contribution in [1.29, 1.82) is 0 Å².